The van der Waals surface area contributed by atoms with Crippen LogP contribution in [0.5, 0.6) is 0 Å². The van der Waals surface area contributed by atoms with Crippen molar-refractivity contribution in [1.29, 1.82) is 0 Å². The van der Waals surface area contributed by atoms with Gasteiger partial charge in [-0.15, -0.1) is 0 Å². The SMILES string of the molecule is CCCN(C)C(=O)c1ccccc1C. The van der Waals surface area contributed by atoms with Crippen LogP contribution in [0, 0.1) is 6.92 Å². The first-order chi connectivity index (χ1) is 6.66. The van der Waals surface area contributed by atoms with E-state index >= 15 is 0 Å². The molecule has 1 aromatic rings. The lowest BCUT2D eigenvalue weighted by atomic mass is 10.1. The highest BCUT2D eigenvalue weighted by atomic mass is 16.2. The summed E-state index contributed by atoms with van der Waals surface area (Å²) in [5, 5.41) is 0. The van der Waals surface area contributed by atoms with Crippen molar-refractivity contribution in [2.24, 2.45) is 0 Å². The van der Waals surface area contributed by atoms with Gasteiger partial charge in [-0.2, -0.15) is 0 Å². The van der Waals surface area contributed by atoms with Crippen LogP contribution in [0.2, 0.25) is 0 Å². The Balaban J connectivity index is 2.84. The van der Waals surface area contributed by atoms with Gasteiger partial charge in [-0.25, -0.2) is 0 Å². The molecule has 0 saturated heterocycles. The van der Waals surface area contributed by atoms with E-state index in [0.717, 1.165) is 24.1 Å². The normalized spacial score (nSPS) is 9.93. The summed E-state index contributed by atoms with van der Waals surface area (Å²) >= 11 is 0. The molecule has 0 atom stereocenters. The lowest BCUT2D eigenvalue weighted by molar-refractivity contribution is 0.0794. The highest BCUT2D eigenvalue weighted by molar-refractivity contribution is 5.95. The average Bonchev–Trinajstić information content (AvgIpc) is 2.18. The van der Waals surface area contributed by atoms with E-state index in [1.807, 2.05) is 38.2 Å². The lowest BCUT2D eigenvalue weighted by Gasteiger charge is -2.17. The molecule has 0 radical (unpaired) electrons. The van der Waals surface area contributed by atoms with E-state index < -0.39 is 0 Å². The van der Waals surface area contributed by atoms with E-state index in [9.17, 15) is 4.79 Å². The second kappa shape index (κ2) is 4.80. The third-order valence-electron chi connectivity index (χ3n) is 2.28. The Hall–Kier alpha value is -1.31. The predicted octanol–water partition coefficient (Wildman–Crippen LogP) is 2.48. The van der Waals surface area contributed by atoms with Crippen LogP contribution in [0.4, 0.5) is 0 Å². The van der Waals surface area contributed by atoms with E-state index in [2.05, 4.69) is 6.92 Å². The Bertz CT molecular complexity index is 320. The molecule has 14 heavy (non-hydrogen) atoms. The van der Waals surface area contributed by atoms with Gasteiger partial charge in [-0.1, -0.05) is 25.1 Å². The van der Waals surface area contributed by atoms with Gasteiger partial charge in [0.1, 0.15) is 0 Å². The molecule has 2 nitrogen and oxygen atoms in total. The van der Waals surface area contributed by atoms with Crippen LogP contribution < -0.4 is 0 Å². The van der Waals surface area contributed by atoms with Gasteiger partial charge in [0.05, 0.1) is 0 Å². The lowest BCUT2D eigenvalue weighted by Crippen LogP contribution is -2.27. The third-order valence-corrected chi connectivity index (χ3v) is 2.28. The molecule has 0 spiro atoms. The van der Waals surface area contributed by atoms with E-state index in [1.54, 1.807) is 4.90 Å². The van der Waals surface area contributed by atoms with Crippen molar-refractivity contribution >= 4 is 5.91 Å². The van der Waals surface area contributed by atoms with E-state index in [0.29, 0.717) is 0 Å². The maximum atomic E-state index is 11.9. The highest BCUT2D eigenvalue weighted by Gasteiger charge is 2.11. The number of amides is 1. The minimum atomic E-state index is 0.116. The zero-order chi connectivity index (χ0) is 10.6. The van der Waals surface area contributed by atoms with E-state index in [4.69, 9.17) is 0 Å². The minimum absolute atomic E-state index is 0.116. The first kappa shape index (κ1) is 10.8. The molecule has 0 saturated carbocycles. The number of benzene rings is 1. The van der Waals surface area contributed by atoms with Crippen LogP contribution in [0.3, 0.4) is 0 Å². The number of carbonyl (C=O) groups is 1. The zero-order valence-corrected chi connectivity index (χ0v) is 9.08. The molecule has 0 bridgehead atoms. The predicted molar refractivity (Wildman–Crippen MR) is 58.4 cm³/mol. The Morgan fingerprint density at radius 2 is 2.00 bits per heavy atom. The Labute approximate surface area is 85.5 Å². The number of nitrogens with zero attached hydrogens (tertiary/aromatic N) is 1. The van der Waals surface area contributed by atoms with Crippen LogP contribution >= 0.6 is 0 Å². The van der Waals surface area contributed by atoms with Crippen LogP contribution in [0.15, 0.2) is 24.3 Å². The number of carbonyl (C=O) groups excluding carboxylic acids is 1. The van der Waals surface area contributed by atoms with Gasteiger partial charge in [0.25, 0.3) is 5.91 Å². The first-order valence-electron chi connectivity index (χ1n) is 4.98. The Kier molecular flexibility index (Phi) is 3.69. The number of aryl methyl sites for hydroxylation is 1. The molecule has 1 amide bonds. The Morgan fingerprint density at radius 3 is 2.57 bits per heavy atom. The monoisotopic (exact) mass is 191 g/mol. The highest BCUT2D eigenvalue weighted by Crippen LogP contribution is 2.09. The molecule has 1 aromatic carbocycles. The largest absolute Gasteiger partial charge is 0.342 e. The summed E-state index contributed by atoms with van der Waals surface area (Å²) < 4.78 is 0. The van der Waals surface area contributed by atoms with Crippen molar-refractivity contribution in [3.05, 3.63) is 35.4 Å². The van der Waals surface area contributed by atoms with Crippen molar-refractivity contribution in [1.82, 2.24) is 4.90 Å². The van der Waals surface area contributed by atoms with Crippen LogP contribution in [0.25, 0.3) is 0 Å². The summed E-state index contributed by atoms with van der Waals surface area (Å²) in [6.45, 7) is 4.85. The maximum absolute atomic E-state index is 11.9. The quantitative estimate of drug-likeness (QED) is 0.718. The first-order valence-corrected chi connectivity index (χ1v) is 4.98. The second-order valence-electron chi connectivity index (χ2n) is 3.54. The summed E-state index contributed by atoms with van der Waals surface area (Å²) in [6.07, 6.45) is 0.994. The van der Waals surface area contributed by atoms with Gasteiger partial charge in [-0.05, 0) is 25.0 Å². The summed E-state index contributed by atoms with van der Waals surface area (Å²) in [6, 6.07) is 7.70. The summed E-state index contributed by atoms with van der Waals surface area (Å²) in [7, 11) is 1.85. The van der Waals surface area contributed by atoms with E-state index in [-0.39, 0.29) is 5.91 Å². The Morgan fingerprint density at radius 1 is 1.36 bits per heavy atom. The second-order valence-corrected chi connectivity index (χ2v) is 3.54. The molecule has 0 aliphatic heterocycles. The summed E-state index contributed by atoms with van der Waals surface area (Å²) in [4.78, 5) is 13.6. The van der Waals surface area contributed by atoms with Crippen LogP contribution in [-0.4, -0.2) is 24.4 Å². The molecule has 2 heteroatoms. The molecular formula is C12H17NO. The minimum Gasteiger partial charge on any atom is -0.342 e. The molecular weight excluding hydrogens is 174 g/mol. The van der Waals surface area contributed by atoms with Crippen molar-refractivity contribution in [3.8, 4) is 0 Å². The fourth-order valence-electron chi connectivity index (χ4n) is 1.46. The molecule has 0 aromatic heterocycles. The van der Waals surface area contributed by atoms with Gasteiger partial charge in [0, 0.05) is 19.2 Å². The molecule has 0 unspecified atom stereocenters. The van der Waals surface area contributed by atoms with Crippen LogP contribution in [-0.2, 0) is 0 Å². The molecule has 1 rings (SSSR count). The molecule has 0 aliphatic rings. The van der Waals surface area contributed by atoms with Crippen molar-refractivity contribution < 1.29 is 4.79 Å². The third kappa shape index (κ3) is 2.34. The maximum Gasteiger partial charge on any atom is 0.253 e. The average molecular weight is 191 g/mol. The zero-order valence-electron chi connectivity index (χ0n) is 9.08. The van der Waals surface area contributed by atoms with E-state index in [1.165, 1.54) is 0 Å². The van der Waals surface area contributed by atoms with Gasteiger partial charge >= 0.3 is 0 Å². The van der Waals surface area contributed by atoms with Gasteiger partial charge in [-0.3, -0.25) is 4.79 Å². The molecule has 76 valence electrons. The molecule has 0 fully saturated rings. The molecule has 0 aliphatic carbocycles. The standard InChI is InChI=1S/C12H17NO/c1-4-9-13(3)12(14)11-8-6-5-7-10(11)2/h5-8H,4,9H2,1-3H3. The summed E-state index contributed by atoms with van der Waals surface area (Å²) in [5.41, 5.74) is 1.85. The van der Waals surface area contributed by atoms with Gasteiger partial charge < -0.3 is 4.90 Å². The van der Waals surface area contributed by atoms with Gasteiger partial charge in [0.2, 0.25) is 0 Å². The fourth-order valence-corrected chi connectivity index (χ4v) is 1.46. The number of hydrogen-bond donors (Lipinski definition) is 0. The molecule has 0 heterocycles. The molecule has 0 N–H and O–H groups in total. The number of hydrogen-bond acceptors (Lipinski definition) is 1. The van der Waals surface area contributed by atoms with Crippen molar-refractivity contribution in [2.75, 3.05) is 13.6 Å². The van der Waals surface area contributed by atoms with Crippen molar-refractivity contribution in [2.45, 2.75) is 20.3 Å². The van der Waals surface area contributed by atoms with Crippen molar-refractivity contribution in [3.63, 3.8) is 0 Å². The summed E-state index contributed by atoms with van der Waals surface area (Å²) in [5.74, 6) is 0.116. The smallest absolute Gasteiger partial charge is 0.253 e. The fraction of sp³-hybridized carbons (Fsp3) is 0.417. The van der Waals surface area contributed by atoms with Gasteiger partial charge in [0.15, 0.2) is 0 Å². The number of rotatable bonds is 3. The topological polar surface area (TPSA) is 20.3 Å². The van der Waals surface area contributed by atoms with Crippen LogP contribution in [0.1, 0.15) is 29.3 Å².